The number of pyridine rings is 2. The number of esters is 1. The van der Waals surface area contributed by atoms with E-state index in [4.69, 9.17) is 14.5 Å². The third-order valence-electron chi connectivity index (χ3n) is 13.9. The summed E-state index contributed by atoms with van der Waals surface area (Å²) in [5.74, 6) is -5.15. The van der Waals surface area contributed by atoms with E-state index in [1.54, 1.807) is 50.2 Å². The maximum Gasteiger partial charge on any atom is 0.343 e. The van der Waals surface area contributed by atoms with Crippen LogP contribution in [0.15, 0.2) is 59.4 Å². The highest BCUT2D eigenvalue weighted by atomic mass is 19.1. The molecule has 396 valence electrons. The smallest absolute Gasteiger partial charge is 0.343 e. The fourth-order valence-electron chi connectivity index (χ4n) is 9.85. The van der Waals surface area contributed by atoms with Crippen LogP contribution in [0.2, 0.25) is 0 Å². The molecule has 4 atom stereocenters. The molecule has 0 spiro atoms. The van der Waals surface area contributed by atoms with E-state index in [2.05, 4.69) is 31.9 Å². The number of aromatic nitrogens is 2. The van der Waals surface area contributed by atoms with E-state index >= 15 is 4.39 Å². The van der Waals surface area contributed by atoms with Crippen LogP contribution in [0, 0.1) is 12.7 Å². The Morgan fingerprint density at radius 3 is 2.35 bits per heavy atom. The highest BCUT2D eigenvalue weighted by Crippen LogP contribution is 2.46. The number of ether oxygens (including phenoxy) is 2. The quantitative estimate of drug-likeness (QED) is 0.0186. The van der Waals surface area contributed by atoms with E-state index in [-0.39, 0.29) is 75.2 Å². The molecule has 22 nitrogen and oxygen atoms in total. The Bertz CT molecular complexity index is 3040. The van der Waals surface area contributed by atoms with Crippen LogP contribution in [0.1, 0.15) is 90.4 Å². The molecule has 0 saturated heterocycles. The van der Waals surface area contributed by atoms with E-state index < -0.39 is 90.4 Å². The monoisotopic (exact) mass is 1040 g/mol. The summed E-state index contributed by atoms with van der Waals surface area (Å²) in [5, 5.41) is 38.9. The number of carbonyl (C=O) groups excluding carboxylic acids is 8. The van der Waals surface area contributed by atoms with Gasteiger partial charge in [-0.05, 0) is 67.3 Å². The Morgan fingerprint density at radius 1 is 0.893 bits per heavy atom. The highest BCUT2D eigenvalue weighted by Gasteiger charge is 2.46. The number of fused-ring (bicyclic) bond motifs is 5. The van der Waals surface area contributed by atoms with Gasteiger partial charge in [-0.15, -0.1) is 0 Å². The van der Waals surface area contributed by atoms with Gasteiger partial charge in [-0.1, -0.05) is 43.7 Å². The number of unbranched alkanes of at least 4 members (excludes halogenated alkanes) is 2. The van der Waals surface area contributed by atoms with Crippen LogP contribution in [0.25, 0.3) is 22.3 Å². The van der Waals surface area contributed by atoms with Crippen molar-refractivity contribution >= 4 is 58.2 Å². The summed E-state index contributed by atoms with van der Waals surface area (Å²) in [6.07, 6.45) is 3.67. The minimum atomic E-state index is -2.04. The van der Waals surface area contributed by atoms with Crippen LogP contribution in [0.3, 0.4) is 0 Å². The zero-order valence-corrected chi connectivity index (χ0v) is 41.3. The molecule has 0 fully saturated rings. The van der Waals surface area contributed by atoms with Crippen LogP contribution < -0.4 is 37.5 Å². The van der Waals surface area contributed by atoms with Gasteiger partial charge in [0, 0.05) is 60.2 Å². The Kier molecular flexibility index (Phi) is 16.6. The summed E-state index contributed by atoms with van der Waals surface area (Å²) >= 11 is 0. The molecule has 1 aliphatic carbocycles. The topological polar surface area (TPSA) is 306 Å². The van der Waals surface area contributed by atoms with Crippen LogP contribution in [-0.2, 0) is 79.4 Å². The van der Waals surface area contributed by atoms with Gasteiger partial charge < -0.3 is 50.8 Å². The average Bonchev–Trinajstić information content (AvgIpc) is 3.98. The number of hydrogen-bond donors (Lipinski definition) is 8. The van der Waals surface area contributed by atoms with E-state index in [1.807, 2.05) is 0 Å². The molecule has 5 heterocycles. The van der Waals surface area contributed by atoms with Gasteiger partial charge in [-0.2, -0.15) is 0 Å². The van der Waals surface area contributed by atoms with Crippen molar-refractivity contribution in [3.8, 4) is 11.4 Å². The summed E-state index contributed by atoms with van der Waals surface area (Å²) in [7, 11) is 0. The average molecular weight is 1040 g/mol. The number of nitrogens with zero attached hydrogens (tertiary/aromatic N) is 3. The van der Waals surface area contributed by atoms with Gasteiger partial charge in [-0.25, -0.2) is 14.2 Å². The lowest BCUT2D eigenvalue weighted by molar-refractivity contribution is -0.172. The first-order valence-electron chi connectivity index (χ1n) is 24.7. The Morgan fingerprint density at radius 2 is 1.60 bits per heavy atom. The largest absolute Gasteiger partial charge is 0.458 e. The highest BCUT2D eigenvalue weighted by molar-refractivity contribution is 6.12. The van der Waals surface area contributed by atoms with Crippen molar-refractivity contribution in [2.24, 2.45) is 0 Å². The minimum absolute atomic E-state index is 0.0406. The summed E-state index contributed by atoms with van der Waals surface area (Å²) in [4.78, 5) is 120. The standard InChI is InChI=1S/C52H58FN9O13/c1-3-52(73)33-19-38-48-31(24-62(38)50(71)32(33)25-75-51(52)72)47-35(14-13-30-28(2)34(53)20-36(60-48)46(30)47)58-43(67)26-74-27-57-41(65)22-56-49(70)37(18-29-10-6-4-7-11-29)59-42(66)23-55-40(64)21-54-39(63)12-8-5-9-17-61-44(68)15-16-45(61)69/h4,6-7,10-11,15-16,19-20,35,37,43,58,67,73H,3,5,8-9,12-14,17-18,21-27H2,1-2H3,(H,54,63)(H,55,64)(H,56,70)(H,57,65)(H,59,66)/t35-,37-,43?,52-/m0/s1. The molecular weight excluding hydrogens is 978 g/mol. The molecule has 0 bridgehead atoms. The molecule has 4 aromatic rings. The fourth-order valence-corrected chi connectivity index (χ4v) is 9.85. The number of aliphatic hydroxyl groups excluding tert-OH is 1. The number of hydrogen-bond acceptors (Lipinski definition) is 15. The molecule has 1 unspecified atom stereocenters. The normalized spacial score (nSPS) is 17.9. The number of rotatable bonds is 23. The number of halogens is 1. The molecule has 75 heavy (non-hydrogen) atoms. The van der Waals surface area contributed by atoms with E-state index in [9.17, 15) is 53.4 Å². The Hall–Kier alpha value is -7.73. The lowest BCUT2D eigenvalue weighted by Crippen LogP contribution is -2.52. The van der Waals surface area contributed by atoms with Crippen molar-refractivity contribution in [3.05, 3.63) is 110 Å². The second kappa shape index (κ2) is 23.2. The van der Waals surface area contributed by atoms with Crippen molar-refractivity contribution < 1.29 is 62.4 Å². The van der Waals surface area contributed by atoms with Crippen LogP contribution in [0.5, 0.6) is 0 Å². The molecule has 4 aliphatic rings. The molecule has 23 heteroatoms. The third kappa shape index (κ3) is 11.8. The van der Waals surface area contributed by atoms with Gasteiger partial charge in [0.2, 0.25) is 29.5 Å². The van der Waals surface area contributed by atoms with Gasteiger partial charge in [0.05, 0.1) is 55.3 Å². The van der Waals surface area contributed by atoms with Gasteiger partial charge in [0.25, 0.3) is 17.4 Å². The van der Waals surface area contributed by atoms with Crippen molar-refractivity contribution in [2.75, 3.05) is 39.5 Å². The molecule has 8 N–H and O–H groups in total. The summed E-state index contributed by atoms with van der Waals surface area (Å²) in [6.45, 7) is 1.24. The molecule has 7 amide bonds. The maximum absolute atomic E-state index is 15.4. The molecule has 0 saturated carbocycles. The fraction of sp³-hybridized carbons (Fsp3) is 0.423. The van der Waals surface area contributed by atoms with Crippen LogP contribution >= 0.6 is 0 Å². The van der Waals surface area contributed by atoms with E-state index in [0.29, 0.717) is 76.6 Å². The van der Waals surface area contributed by atoms with Crippen LogP contribution in [0.4, 0.5) is 4.39 Å². The molecule has 2 aromatic carbocycles. The van der Waals surface area contributed by atoms with Gasteiger partial charge in [0.15, 0.2) is 5.60 Å². The number of benzene rings is 2. The Balaban J connectivity index is 0.804. The summed E-state index contributed by atoms with van der Waals surface area (Å²) < 4.78 is 27.7. The molecular formula is C52H58FN9O13. The van der Waals surface area contributed by atoms with E-state index in [1.165, 1.54) is 22.8 Å². The number of nitrogens with one attached hydrogen (secondary N) is 6. The lowest BCUT2D eigenvalue weighted by Gasteiger charge is -2.31. The number of carbonyl (C=O) groups is 8. The Labute approximate surface area is 428 Å². The summed E-state index contributed by atoms with van der Waals surface area (Å²) in [5.41, 5.74) is 2.14. The molecule has 3 aliphatic heterocycles. The first kappa shape index (κ1) is 53.6. The predicted octanol–water partition coefficient (Wildman–Crippen LogP) is 0.0742. The molecule has 8 rings (SSSR count). The summed E-state index contributed by atoms with van der Waals surface area (Å²) in [6, 6.07) is 10.0. The number of aliphatic hydroxyl groups is 2. The van der Waals surface area contributed by atoms with E-state index in [0.717, 1.165) is 10.5 Å². The first-order chi connectivity index (χ1) is 36.0. The zero-order chi connectivity index (χ0) is 53.6. The number of amides is 7. The first-order valence-corrected chi connectivity index (χ1v) is 24.7. The van der Waals surface area contributed by atoms with Crippen molar-refractivity contribution in [1.29, 1.82) is 0 Å². The van der Waals surface area contributed by atoms with Crippen molar-refractivity contribution in [2.45, 2.75) is 102 Å². The number of aryl methyl sites for hydroxylation is 1. The second-order valence-corrected chi connectivity index (χ2v) is 18.8. The minimum Gasteiger partial charge on any atom is -0.458 e. The predicted molar refractivity (Wildman–Crippen MR) is 264 cm³/mol. The third-order valence-corrected chi connectivity index (χ3v) is 13.9. The van der Waals surface area contributed by atoms with Gasteiger partial charge >= 0.3 is 5.97 Å². The number of cyclic esters (lactones) is 1. The van der Waals surface area contributed by atoms with Crippen molar-refractivity contribution in [1.82, 2.24) is 46.4 Å². The number of imide groups is 1. The van der Waals surface area contributed by atoms with Crippen LogP contribution in [-0.4, -0.2) is 124 Å². The lowest BCUT2D eigenvalue weighted by atomic mass is 9.81. The van der Waals surface area contributed by atoms with Gasteiger partial charge in [-0.3, -0.25) is 48.6 Å². The SMILES string of the molecule is CC[C@@]1(O)C(=O)OCc2c1cc1n(c2=O)Cc2c-1nc1cc(F)c(C)c3c1c2[C@@H](NC(O)COCNC(=O)CNC(=O)[C@H](Cc1ccccc1)NC(=O)CNC(=O)CNC(=O)CCCCCN1C(=O)C=CC1=O)CC3. The maximum atomic E-state index is 15.4. The molecule has 2 aromatic heterocycles. The zero-order valence-electron chi connectivity index (χ0n) is 41.3. The second-order valence-electron chi connectivity index (χ2n) is 18.8. The van der Waals surface area contributed by atoms with Crippen molar-refractivity contribution in [3.63, 3.8) is 0 Å². The van der Waals surface area contributed by atoms with Gasteiger partial charge in [0.1, 0.15) is 31.4 Å². The molecule has 0 radical (unpaired) electrons.